The molecule has 1 aromatic carbocycles. The Hall–Kier alpha value is -2.08. The van der Waals surface area contributed by atoms with E-state index in [4.69, 9.17) is 10.00 Å². The third kappa shape index (κ3) is 3.58. The van der Waals surface area contributed by atoms with Gasteiger partial charge in [0.25, 0.3) is 0 Å². The highest BCUT2D eigenvalue weighted by molar-refractivity contribution is 5.66. The molecule has 3 heteroatoms. The number of aryl methyl sites for hydroxylation is 1. The molecule has 0 saturated carbocycles. The molecule has 0 aliphatic rings. The molecule has 1 unspecified atom stereocenters. The summed E-state index contributed by atoms with van der Waals surface area (Å²) in [6.07, 6.45) is 2.39. The van der Waals surface area contributed by atoms with E-state index in [-0.39, 0.29) is 5.97 Å². The molecule has 3 nitrogen and oxygen atoms in total. The second-order valence-corrected chi connectivity index (χ2v) is 3.43. The summed E-state index contributed by atoms with van der Waals surface area (Å²) in [5.74, 6) is -0.367. The van der Waals surface area contributed by atoms with Crippen LogP contribution in [-0.4, -0.2) is 5.97 Å². The van der Waals surface area contributed by atoms with Crippen LogP contribution in [0.15, 0.2) is 36.4 Å². The Bertz CT molecular complexity index is 426. The van der Waals surface area contributed by atoms with Gasteiger partial charge in [0.05, 0.1) is 6.07 Å². The first-order chi connectivity index (χ1) is 7.63. The van der Waals surface area contributed by atoms with E-state index in [9.17, 15) is 4.79 Å². The number of benzene rings is 1. The molecule has 0 bridgehead atoms. The first kappa shape index (κ1) is 12.0. The minimum absolute atomic E-state index is 0.367. The molecule has 1 rings (SSSR count). The van der Waals surface area contributed by atoms with Gasteiger partial charge in [-0.25, -0.2) is 0 Å². The lowest BCUT2D eigenvalue weighted by molar-refractivity contribution is -0.144. The van der Waals surface area contributed by atoms with Crippen molar-refractivity contribution >= 4 is 5.97 Å². The summed E-state index contributed by atoms with van der Waals surface area (Å²) in [4.78, 5) is 10.9. The van der Waals surface area contributed by atoms with Crippen LogP contribution >= 0.6 is 0 Å². The number of nitriles is 1. The SMILES string of the molecule is CC(=O)OC(/C=C/C#N)c1ccc(C)cc1. The zero-order chi connectivity index (χ0) is 12.0. The second-order valence-electron chi connectivity index (χ2n) is 3.43. The van der Waals surface area contributed by atoms with E-state index in [2.05, 4.69) is 0 Å². The predicted molar refractivity (Wildman–Crippen MR) is 60.4 cm³/mol. The Morgan fingerprint density at radius 2 is 2.06 bits per heavy atom. The van der Waals surface area contributed by atoms with Crippen molar-refractivity contribution in [3.05, 3.63) is 47.5 Å². The maximum Gasteiger partial charge on any atom is 0.303 e. The van der Waals surface area contributed by atoms with E-state index >= 15 is 0 Å². The molecule has 0 aliphatic heterocycles. The van der Waals surface area contributed by atoms with Gasteiger partial charge in [-0.2, -0.15) is 5.26 Å². The van der Waals surface area contributed by atoms with E-state index in [1.54, 1.807) is 6.08 Å². The Labute approximate surface area is 95.0 Å². The summed E-state index contributed by atoms with van der Waals surface area (Å²) in [5, 5.41) is 8.46. The molecule has 1 atom stereocenters. The molecule has 0 amide bonds. The fraction of sp³-hybridized carbons (Fsp3) is 0.231. The van der Waals surface area contributed by atoms with Crippen molar-refractivity contribution < 1.29 is 9.53 Å². The largest absolute Gasteiger partial charge is 0.453 e. The van der Waals surface area contributed by atoms with Crippen LogP contribution in [0.1, 0.15) is 24.2 Å². The molecule has 16 heavy (non-hydrogen) atoms. The Kier molecular flexibility index (Phi) is 4.28. The number of hydrogen-bond acceptors (Lipinski definition) is 3. The monoisotopic (exact) mass is 215 g/mol. The molecule has 0 N–H and O–H groups in total. The Morgan fingerprint density at radius 3 is 2.56 bits per heavy atom. The van der Waals surface area contributed by atoms with Crippen molar-refractivity contribution in [3.8, 4) is 6.07 Å². The van der Waals surface area contributed by atoms with Gasteiger partial charge in [0.2, 0.25) is 0 Å². The van der Waals surface area contributed by atoms with Crippen LogP contribution in [0.2, 0.25) is 0 Å². The van der Waals surface area contributed by atoms with Gasteiger partial charge in [0.15, 0.2) is 0 Å². The smallest absolute Gasteiger partial charge is 0.303 e. The fourth-order valence-corrected chi connectivity index (χ4v) is 1.28. The van der Waals surface area contributed by atoms with Crippen molar-refractivity contribution in [2.45, 2.75) is 20.0 Å². The quantitative estimate of drug-likeness (QED) is 0.575. The first-order valence-electron chi connectivity index (χ1n) is 4.93. The molecule has 0 heterocycles. The van der Waals surface area contributed by atoms with Crippen LogP contribution in [0, 0.1) is 18.3 Å². The zero-order valence-electron chi connectivity index (χ0n) is 9.31. The highest BCUT2D eigenvalue weighted by Crippen LogP contribution is 2.19. The number of hydrogen-bond donors (Lipinski definition) is 0. The Morgan fingerprint density at radius 1 is 1.44 bits per heavy atom. The summed E-state index contributed by atoms with van der Waals surface area (Å²) in [5.41, 5.74) is 1.99. The third-order valence-electron chi connectivity index (χ3n) is 2.04. The average molecular weight is 215 g/mol. The number of nitrogens with zero attached hydrogens (tertiary/aromatic N) is 1. The molecule has 0 aromatic heterocycles. The summed E-state index contributed by atoms with van der Waals surface area (Å²) < 4.78 is 5.10. The average Bonchev–Trinajstić information content (AvgIpc) is 2.25. The normalized spacial score (nSPS) is 12.1. The van der Waals surface area contributed by atoms with E-state index in [0.717, 1.165) is 11.1 Å². The van der Waals surface area contributed by atoms with Crippen LogP contribution < -0.4 is 0 Å². The van der Waals surface area contributed by atoms with Gasteiger partial charge < -0.3 is 4.74 Å². The van der Waals surface area contributed by atoms with Crippen LogP contribution in [0.5, 0.6) is 0 Å². The molecular formula is C13H13NO2. The summed E-state index contributed by atoms with van der Waals surface area (Å²) >= 11 is 0. The van der Waals surface area contributed by atoms with E-state index in [0.29, 0.717) is 0 Å². The van der Waals surface area contributed by atoms with Gasteiger partial charge in [-0.1, -0.05) is 29.8 Å². The maximum atomic E-state index is 10.9. The summed E-state index contributed by atoms with van der Waals surface area (Å²) in [7, 11) is 0. The third-order valence-corrected chi connectivity index (χ3v) is 2.04. The van der Waals surface area contributed by atoms with Crippen molar-refractivity contribution in [1.29, 1.82) is 5.26 Å². The molecule has 0 spiro atoms. The fourth-order valence-electron chi connectivity index (χ4n) is 1.28. The van der Waals surface area contributed by atoms with Gasteiger partial charge in [-0.3, -0.25) is 4.79 Å². The van der Waals surface area contributed by atoms with Crippen molar-refractivity contribution in [2.24, 2.45) is 0 Å². The molecular weight excluding hydrogens is 202 g/mol. The minimum atomic E-state index is -0.488. The van der Waals surface area contributed by atoms with Crippen LogP contribution in [0.4, 0.5) is 0 Å². The predicted octanol–water partition coefficient (Wildman–Crippen LogP) is 2.68. The number of carbonyl (C=O) groups excluding carboxylic acids is 1. The lowest BCUT2D eigenvalue weighted by Gasteiger charge is -2.13. The highest BCUT2D eigenvalue weighted by Gasteiger charge is 2.10. The van der Waals surface area contributed by atoms with Crippen molar-refractivity contribution in [2.75, 3.05) is 0 Å². The van der Waals surface area contributed by atoms with Crippen molar-refractivity contribution in [3.63, 3.8) is 0 Å². The molecule has 0 radical (unpaired) electrons. The summed E-state index contributed by atoms with van der Waals surface area (Å²) in [6.45, 7) is 3.33. The highest BCUT2D eigenvalue weighted by atomic mass is 16.5. The van der Waals surface area contributed by atoms with Crippen LogP contribution in [-0.2, 0) is 9.53 Å². The van der Waals surface area contributed by atoms with Gasteiger partial charge in [-0.05, 0) is 18.6 Å². The van der Waals surface area contributed by atoms with E-state index in [1.807, 2.05) is 37.3 Å². The van der Waals surface area contributed by atoms with Gasteiger partial charge in [-0.15, -0.1) is 0 Å². The number of rotatable bonds is 3. The molecule has 1 aromatic rings. The van der Waals surface area contributed by atoms with E-state index < -0.39 is 6.10 Å². The standard InChI is InChI=1S/C13H13NO2/c1-10-5-7-12(8-6-10)13(4-3-9-14)16-11(2)15/h3-8,13H,1-2H3/b4-3+. The zero-order valence-corrected chi connectivity index (χ0v) is 9.31. The number of allylic oxidation sites excluding steroid dienone is 1. The Balaban J connectivity index is 2.92. The van der Waals surface area contributed by atoms with Gasteiger partial charge in [0.1, 0.15) is 6.10 Å². The van der Waals surface area contributed by atoms with Crippen LogP contribution in [0.25, 0.3) is 0 Å². The first-order valence-corrected chi connectivity index (χ1v) is 4.93. The van der Waals surface area contributed by atoms with Gasteiger partial charge >= 0.3 is 5.97 Å². The lowest BCUT2D eigenvalue weighted by atomic mass is 10.1. The van der Waals surface area contributed by atoms with E-state index in [1.165, 1.54) is 13.0 Å². The molecule has 0 aliphatic carbocycles. The maximum absolute atomic E-state index is 10.9. The topological polar surface area (TPSA) is 50.1 Å². The minimum Gasteiger partial charge on any atom is -0.453 e. The van der Waals surface area contributed by atoms with Gasteiger partial charge in [0, 0.05) is 13.0 Å². The second kappa shape index (κ2) is 5.72. The van der Waals surface area contributed by atoms with Crippen LogP contribution in [0.3, 0.4) is 0 Å². The van der Waals surface area contributed by atoms with Crippen molar-refractivity contribution in [1.82, 2.24) is 0 Å². The number of esters is 1. The summed E-state index contributed by atoms with van der Waals surface area (Å²) in [6, 6.07) is 9.51. The molecule has 0 saturated heterocycles. The lowest BCUT2D eigenvalue weighted by Crippen LogP contribution is -2.06. The molecule has 82 valence electrons. The number of ether oxygens (including phenoxy) is 1. The number of carbonyl (C=O) groups is 1. The molecule has 0 fully saturated rings.